The number of hydrogen-bond acceptors (Lipinski definition) is 4. The molecule has 1 rings (SSSR count). The van der Waals surface area contributed by atoms with Crippen LogP contribution in [0.15, 0.2) is 16.6 Å². The summed E-state index contributed by atoms with van der Waals surface area (Å²) in [5, 5.41) is 0. The van der Waals surface area contributed by atoms with E-state index >= 15 is 0 Å². The molecule has 122 valence electrons. The summed E-state index contributed by atoms with van der Waals surface area (Å²) in [6.45, 7) is 10.2. The molecule has 22 heavy (non-hydrogen) atoms. The summed E-state index contributed by atoms with van der Waals surface area (Å²) in [5.41, 5.74) is 1.28. The summed E-state index contributed by atoms with van der Waals surface area (Å²) in [4.78, 5) is 24.4. The molecule has 0 aliphatic rings. The Morgan fingerprint density at radius 3 is 2.09 bits per heavy atom. The lowest BCUT2D eigenvalue weighted by Gasteiger charge is -2.19. The van der Waals surface area contributed by atoms with E-state index in [9.17, 15) is 9.59 Å². The van der Waals surface area contributed by atoms with Gasteiger partial charge in [0, 0.05) is 4.47 Å². The van der Waals surface area contributed by atoms with Gasteiger partial charge in [-0.2, -0.15) is 0 Å². The molecule has 0 saturated heterocycles. The van der Waals surface area contributed by atoms with Crippen molar-refractivity contribution in [3.63, 3.8) is 0 Å². The average molecular weight is 371 g/mol. The Hall–Kier alpha value is -1.36. The standard InChI is InChI=1S/C17H23BrO4/c1-6-11-8-12(15(19)21-7-2)13(9-14(11)18)16(20)22-10-17(3,4)5/h8-9H,6-7,10H2,1-5H3. The summed E-state index contributed by atoms with van der Waals surface area (Å²) >= 11 is 3.43. The monoisotopic (exact) mass is 370 g/mol. The maximum absolute atomic E-state index is 12.3. The van der Waals surface area contributed by atoms with E-state index in [1.54, 1.807) is 19.1 Å². The van der Waals surface area contributed by atoms with Crippen molar-refractivity contribution in [1.29, 1.82) is 0 Å². The summed E-state index contributed by atoms with van der Waals surface area (Å²) in [5.74, 6) is -1.02. The second-order valence-corrected chi connectivity index (χ2v) is 7.05. The number of rotatable bonds is 5. The van der Waals surface area contributed by atoms with Crippen LogP contribution in [0.1, 0.15) is 60.9 Å². The second-order valence-electron chi connectivity index (χ2n) is 6.20. The van der Waals surface area contributed by atoms with Crippen molar-refractivity contribution < 1.29 is 19.1 Å². The Morgan fingerprint density at radius 2 is 1.59 bits per heavy atom. The van der Waals surface area contributed by atoms with Crippen LogP contribution in [0, 0.1) is 5.41 Å². The topological polar surface area (TPSA) is 52.6 Å². The van der Waals surface area contributed by atoms with E-state index in [2.05, 4.69) is 15.9 Å². The zero-order valence-corrected chi connectivity index (χ0v) is 15.4. The van der Waals surface area contributed by atoms with Crippen molar-refractivity contribution in [2.45, 2.75) is 41.0 Å². The van der Waals surface area contributed by atoms with Gasteiger partial charge in [-0.15, -0.1) is 0 Å². The fraction of sp³-hybridized carbons (Fsp3) is 0.529. The Bertz CT molecular complexity index is 559. The van der Waals surface area contributed by atoms with Gasteiger partial charge in [-0.3, -0.25) is 0 Å². The maximum Gasteiger partial charge on any atom is 0.339 e. The quantitative estimate of drug-likeness (QED) is 0.721. The smallest absolute Gasteiger partial charge is 0.339 e. The molecule has 0 aromatic heterocycles. The molecule has 0 spiro atoms. The number of ether oxygens (including phenoxy) is 2. The Balaban J connectivity index is 3.18. The predicted molar refractivity (Wildman–Crippen MR) is 89.2 cm³/mol. The Labute approximate surface area is 140 Å². The minimum Gasteiger partial charge on any atom is -0.462 e. The first kappa shape index (κ1) is 18.7. The van der Waals surface area contributed by atoms with E-state index in [0.29, 0.717) is 0 Å². The van der Waals surface area contributed by atoms with Gasteiger partial charge in [-0.25, -0.2) is 9.59 Å². The molecule has 0 heterocycles. The van der Waals surface area contributed by atoms with Gasteiger partial charge in [0.25, 0.3) is 0 Å². The number of carbonyl (C=O) groups excluding carboxylic acids is 2. The van der Waals surface area contributed by atoms with Gasteiger partial charge < -0.3 is 9.47 Å². The van der Waals surface area contributed by atoms with Crippen LogP contribution in [-0.2, 0) is 15.9 Å². The summed E-state index contributed by atoms with van der Waals surface area (Å²) in [7, 11) is 0. The Kier molecular flexibility index (Phi) is 6.60. The molecule has 5 heteroatoms. The van der Waals surface area contributed by atoms with Crippen LogP contribution < -0.4 is 0 Å². The molecule has 0 radical (unpaired) electrons. The lowest BCUT2D eigenvalue weighted by Crippen LogP contribution is -2.20. The van der Waals surface area contributed by atoms with Gasteiger partial charge in [0.05, 0.1) is 24.3 Å². The van der Waals surface area contributed by atoms with E-state index in [1.165, 1.54) is 0 Å². The predicted octanol–water partition coefficient (Wildman–Crippen LogP) is 4.39. The molecule has 0 bridgehead atoms. The fourth-order valence-corrected chi connectivity index (χ4v) is 2.42. The van der Waals surface area contributed by atoms with Crippen LogP contribution in [0.4, 0.5) is 0 Å². The molecule has 0 aliphatic carbocycles. The van der Waals surface area contributed by atoms with Gasteiger partial charge in [0.2, 0.25) is 0 Å². The van der Waals surface area contributed by atoms with Crippen molar-refractivity contribution in [2.75, 3.05) is 13.2 Å². The third kappa shape index (κ3) is 5.13. The van der Waals surface area contributed by atoms with Crippen LogP contribution in [0.25, 0.3) is 0 Å². The number of carbonyl (C=O) groups is 2. The normalized spacial score (nSPS) is 11.2. The number of benzene rings is 1. The fourth-order valence-electron chi connectivity index (χ4n) is 1.80. The van der Waals surface area contributed by atoms with Crippen LogP contribution >= 0.6 is 15.9 Å². The van der Waals surface area contributed by atoms with E-state index in [0.717, 1.165) is 16.5 Å². The molecule has 0 saturated carbocycles. The first-order valence-electron chi connectivity index (χ1n) is 7.36. The van der Waals surface area contributed by atoms with Crippen molar-refractivity contribution in [2.24, 2.45) is 5.41 Å². The first-order valence-corrected chi connectivity index (χ1v) is 8.15. The number of hydrogen-bond donors (Lipinski definition) is 0. The molecule has 0 fully saturated rings. The van der Waals surface area contributed by atoms with Crippen LogP contribution in [-0.4, -0.2) is 25.2 Å². The van der Waals surface area contributed by atoms with Crippen LogP contribution in [0.3, 0.4) is 0 Å². The highest BCUT2D eigenvalue weighted by molar-refractivity contribution is 9.10. The number of halogens is 1. The molecule has 1 aromatic carbocycles. The zero-order chi connectivity index (χ0) is 16.9. The van der Waals surface area contributed by atoms with Crippen LogP contribution in [0.5, 0.6) is 0 Å². The molecule has 0 N–H and O–H groups in total. The van der Waals surface area contributed by atoms with E-state index in [-0.39, 0.29) is 29.8 Å². The number of esters is 2. The molecular formula is C17H23BrO4. The highest BCUT2D eigenvalue weighted by Gasteiger charge is 2.23. The summed E-state index contributed by atoms with van der Waals surface area (Å²) < 4.78 is 11.1. The molecule has 1 aromatic rings. The van der Waals surface area contributed by atoms with Gasteiger partial charge in [-0.1, -0.05) is 43.6 Å². The van der Waals surface area contributed by atoms with Gasteiger partial charge in [-0.05, 0) is 36.5 Å². The highest BCUT2D eigenvalue weighted by atomic mass is 79.9. The Morgan fingerprint density at radius 1 is 1.05 bits per heavy atom. The van der Waals surface area contributed by atoms with Gasteiger partial charge in [0.1, 0.15) is 0 Å². The second kappa shape index (κ2) is 7.77. The highest BCUT2D eigenvalue weighted by Crippen LogP contribution is 2.25. The van der Waals surface area contributed by atoms with Crippen molar-refractivity contribution in [3.8, 4) is 0 Å². The molecule has 0 unspecified atom stereocenters. The van der Waals surface area contributed by atoms with E-state index in [1.807, 2.05) is 27.7 Å². The first-order chi connectivity index (χ1) is 10.2. The molecular weight excluding hydrogens is 348 g/mol. The van der Waals surface area contributed by atoms with Gasteiger partial charge >= 0.3 is 11.9 Å². The van der Waals surface area contributed by atoms with Crippen molar-refractivity contribution in [1.82, 2.24) is 0 Å². The average Bonchev–Trinajstić information content (AvgIpc) is 2.43. The lowest BCUT2D eigenvalue weighted by atomic mass is 9.98. The van der Waals surface area contributed by atoms with Crippen molar-refractivity contribution in [3.05, 3.63) is 33.3 Å². The minimum atomic E-state index is -0.513. The molecule has 0 aliphatic heterocycles. The third-order valence-corrected chi connectivity index (χ3v) is 3.66. The van der Waals surface area contributed by atoms with Gasteiger partial charge in [0.15, 0.2) is 0 Å². The lowest BCUT2D eigenvalue weighted by molar-refractivity contribution is 0.0354. The minimum absolute atomic E-state index is 0.139. The molecule has 0 amide bonds. The molecule has 4 nitrogen and oxygen atoms in total. The maximum atomic E-state index is 12.3. The third-order valence-electron chi connectivity index (χ3n) is 2.92. The van der Waals surface area contributed by atoms with Crippen LogP contribution in [0.2, 0.25) is 0 Å². The zero-order valence-electron chi connectivity index (χ0n) is 13.8. The summed E-state index contributed by atoms with van der Waals surface area (Å²) in [6.07, 6.45) is 0.740. The largest absolute Gasteiger partial charge is 0.462 e. The SMILES string of the molecule is CCOC(=O)c1cc(CC)c(Br)cc1C(=O)OCC(C)(C)C. The van der Waals surface area contributed by atoms with E-state index < -0.39 is 11.9 Å². The molecule has 0 atom stereocenters. The number of aryl methyl sites for hydroxylation is 1. The van der Waals surface area contributed by atoms with Crippen molar-refractivity contribution >= 4 is 27.9 Å². The van der Waals surface area contributed by atoms with E-state index in [4.69, 9.17) is 9.47 Å². The summed E-state index contributed by atoms with van der Waals surface area (Å²) in [6, 6.07) is 3.33.